The summed E-state index contributed by atoms with van der Waals surface area (Å²) in [5.74, 6) is -0.0365. The lowest BCUT2D eigenvalue weighted by atomic mass is 9.54. The predicted octanol–water partition coefficient (Wildman–Crippen LogP) is 5.27. The van der Waals surface area contributed by atoms with Gasteiger partial charge in [-0.2, -0.15) is 0 Å². The molecule has 6 rings (SSSR count). The van der Waals surface area contributed by atoms with E-state index < -0.39 is 48.7 Å². The maximum atomic E-state index is 15.2. The van der Waals surface area contributed by atoms with Crippen molar-refractivity contribution in [3.8, 4) is 12.3 Å². The highest BCUT2D eigenvalue weighted by Gasteiger charge is 2.58. The summed E-state index contributed by atoms with van der Waals surface area (Å²) in [5, 5.41) is 9.95. The van der Waals surface area contributed by atoms with Gasteiger partial charge in [0, 0.05) is 12.6 Å². The van der Waals surface area contributed by atoms with Crippen molar-refractivity contribution < 1.29 is 38.1 Å². The molecule has 1 aromatic carbocycles. The Morgan fingerprint density at radius 1 is 1.10 bits per heavy atom. The first kappa shape index (κ1) is 28.7. The number of carbonyl (C=O) groups is 3. The SMILES string of the molecule is C#CCC(CP(=O)(OC12CC3CC(CC(C3)C1)C2)C1CC[C@@H](C(=O)OC)N1C(=O)OCc1ccccc1)C(=O)O. The highest BCUT2D eigenvalue weighted by atomic mass is 31.2. The van der Waals surface area contributed by atoms with Crippen molar-refractivity contribution in [2.24, 2.45) is 23.7 Å². The van der Waals surface area contributed by atoms with Crippen LogP contribution in [-0.4, -0.2) is 58.7 Å². The van der Waals surface area contributed by atoms with Crippen LogP contribution in [0.2, 0.25) is 0 Å². The maximum Gasteiger partial charge on any atom is 0.411 e. The summed E-state index contributed by atoms with van der Waals surface area (Å²) < 4.78 is 32.6. The molecule has 1 aromatic rings. The highest BCUT2D eigenvalue weighted by molar-refractivity contribution is 7.59. The minimum Gasteiger partial charge on any atom is -0.481 e. The van der Waals surface area contributed by atoms with E-state index in [4.69, 9.17) is 20.4 Å². The van der Waals surface area contributed by atoms with Gasteiger partial charge in [0.1, 0.15) is 18.4 Å². The van der Waals surface area contributed by atoms with E-state index in [-0.39, 0.29) is 32.0 Å². The second-order valence-corrected chi connectivity index (χ2v) is 14.7. The number of esters is 1. The molecule has 4 bridgehead atoms. The number of hydrogen-bond acceptors (Lipinski definition) is 7. The Bertz CT molecular complexity index is 1170. The fourth-order valence-electron chi connectivity index (χ4n) is 7.96. The number of benzene rings is 1. The largest absolute Gasteiger partial charge is 0.481 e. The molecule has 1 saturated heterocycles. The summed E-state index contributed by atoms with van der Waals surface area (Å²) in [6.07, 6.45) is 10.4. The van der Waals surface area contributed by atoms with Crippen molar-refractivity contribution in [3.63, 3.8) is 0 Å². The van der Waals surface area contributed by atoms with Crippen LogP contribution in [0.1, 0.15) is 63.4 Å². The summed E-state index contributed by atoms with van der Waals surface area (Å²) >= 11 is 0. The molecule has 216 valence electrons. The third kappa shape index (κ3) is 5.80. The Kier molecular flexibility index (Phi) is 8.31. The molecule has 0 radical (unpaired) electrons. The van der Waals surface area contributed by atoms with E-state index in [0.717, 1.165) is 44.1 Å². The van der Waals surface area contributed by atoms with E-state index in [0.29, 0.717) is 17.8 Å². The Hall–Kier alpha value is -2.82. The Morgan fingerprint density at radius 2 is 1.73 bits per heavy atom. The molecule has 0 spiro atoms. The molecule has 9 nitrogen and oxygen atoms in total. The van der Waals surface area contributed by atoms with Crippen molar-refractivity contribution in [1.82, 2.24) is 4.90 Å². The number of aliphatic carboxylic acids is 1. The molecule has 1 heterocycles. The van der Waals surface area contributed by atoms with E-state index in [2.05, 4.69) is 5.92 Å². The third-order valence-corrected chi connectivity index (χ3v) is 12.3. The number of terminal acetylenes is 1. The molecular weight excluding hydrogens is 533 g/mol. The second-order valence-electron chi connectivity index (χ2n) is 12.1. The first-order valence-electron chi connectivity index (χ1n) is 14.2. The summed E-state index contributed by atoms with van der Waals surface area (Å²) in [5.41, 5.74) is 0.140. The first-order valence-corrected chi connectivity index (χ1v) is 16.1. The summed E-state index contributed by atoms with van der Waals surface area (Å²) in [6, 6.07) is 8.11. The molecule has 10 heteroatoms. The predicted molar refractivity (Wildman–Crippen MR) is 146 cm³/mol. The number of rotatable bonds is 10. The quantitative estimate of drug-likeness (QED) is 0.229. The molecule has 4 saturated carbocycles. The van der Waals surface area contributed by atoms with E-state index in [1.165, 1.54) is 12.0 Å². The molecule has 1 aliphatic heterocycles. The molecular formula is C30H38NO8P. The zero-order valence-corrected chi connectivity index (χ0v) is 23.8. The number of nitrogens with zero attached hydrogens (tertiary/aromatic N) is 1. The maximum absolute atomic E-state index is 15.2. The van der Waals surface area contributed by atoms with Crippen LogP contribution in [0.25, 0.3) is 0 Å². The fourth-order valence-corrected chi connectivity index (χ4v) is 11.4. The minimum atomic E-state index is -3.91. The van der Waals surface area contributed by atoms with Gasteiger partial charge >= 0.3 is 18.0 Å². The van der Waals surface area contributed by atoms with Crippen LogP contribution < -0.4 is 0 Å². The number of methoxy groups -OCH3 is 1. The van der Waals surface area contributed by atoms with Gasteiger partial charge in [0.25, 0.3) is 0 Å². The number of likely N-dealkylation sites (tertiary alicyclic amines) is 1. The number of amides is 1. The van der Waals surface area contributed by atoms with Crippen LogP contribution in [0.15, 0.2) is 30.3 Å². The van der Waals surface area contributed by atoms with Gasteiger partial charge in [0.2, 0.25) is 7.37 Å². The van der Waals surface area contributed by atoms with E-state index in [1.807, 2.05) is 30.3 Å². The lowest BCUT2D eigenvalue weighted by Crippen LogP contribution is -2.53. The normalized spacial score (nSPS) is 32.6. The summed E-state index contributed by atoms with van der Waals surface area (Å²) in [7, 11) is -2.67. The molecule has 4 atom stereocenters. The molecule has 5 fully saturated rings. The first-order chi connectivity index (χ1) is 19.1. The van der Waals surface area contributed by atoms with Crippen molar-refractivity contribution in [2.45, 2.75) is 81.8 Å². The number of carboxylic acid groups (broad SMARTS) is 1. The second kappa shape index (κ2) is 11.6. The van der Waals surface area contributed by atoms with Crippen LogP contribution in [0.4, 0.5) is 4.79 Å². The smallest absolute Gasteiger partial charge is 0.411 e. The van der Waals surface area contributed by atoms with Gasteiger partial charge in [-0.1, -0.05) is 30.3 Å². The van der Waals surface area contributed by atoms with Crippen LogP contribution in [-0.2, 0) is 34.8 Å². The van der Waals surface area contributed by atoms with Crippen molar-refractivity contribution in [2.75, 3.05) is 13.3 Å². The van der Waals surface area contributed by atoms with E-state index >= 15 is 4.57 Å². The van der Waals surface area contributed by atoms with Gasteiger partial charge in [-0.15, -0.1) is 12.3 Å². The van der Waals surface area contributed by atoms with Crippen LogP contribution in [0, 0.1) is 36.0 Å². The van der Waals surface area contributed by atoms with Crippen LogP contribution in [0.5, 0.6) is 0 Å². The Balaban J connectivity index is 1.48. The molecule has 5 aliphatic rings. The number of ether oxygens (including phenoxy) is 2. The lowest BCUT2D eigenvalue weighted by molar-refractivity contribution is -0.145. The van der Waals surface area contributed by atoms with Crippen molar-refractivity contribution in [3.05, 3.63) is 35.9 Å². The standard InChI is InChI=1S/C30H38NO8P/c1-3-7-24(27(32)33)19-40(36,39-30-15-21-12-22(16-30)14-23(13-21)17-30)26-11-10-25(28(34)37-2)31(26)29(35)38-18-20-8-5-4-6-9-20/h1,4-6,8-9,21-26H,7,10-19H2,2H3,(H,32,33)/t21?,22?,23?,24?,25-,26?,30?,40?/m0/s1. The van der Waals surface area contributed by atoms with Crippen LogP contribution >= 0.6 is 7.37 Å². The average Bonchev–Trinajstić information content (AvgIpc) is 3.37. The van der Waals surface area contributed by atoms with Gasteiger partial charge in [-0.25, -0.2) is 9.59 Å². The lowest BCUT2D eigenvalue weighted by Gasteiger charge is -2.57. The van der Waals surface area contributed by atoms with Gasteiger partial charge in [0.05, 0.1) is 18.6 Å². The summed E-state index contributed by atoms with van der Waals surface area (Å²) in [6.45, 7) is -0.0359. The topological polar surface area (TPSA) is 119 Å². The number of carboxylic acids is 1. The number of hydrogen-bond donors (Lipinski definition) is 1. The molecule has 4 aliphatic carbocycles. The van der Waals surface area contributed by atoms with E-state index in [9.17, 15) is 19.5 Å². The molecule has 40 heavy (non-hydrogen) atoms. The Morgan fingerprint density at radius 3 is 2.27 bits per heavy atom. The minimum absolute atomic E-state index is 0.0359. The van der Waals surface area contributed by atoms with E-state index in [1.54, 1.807) is 0 Å². The third-order valence-electron chi connectivity index (χ3n) is 9.22. The molecule has 0 aromatic heterocycles. The van der Waals surface area contributed by atoms with Crippen molar-refractivity contribution in [1.29, 1.82) is 0 Å². The number of carbonyl (C=O) groups excluding carboxylic acids is 2. The highest BCUT2D eigenvalue weighted by Crippen LogP contribution is 2.67. The molecule has 1 N–H and O–H groups in total. The fraction of sp³-hybridized carbons (Fsp3) is 0.633. The van der Waals surface area contributed by atoms with Crippen molar-refractivity contribution >= 4 is 25.4 Å². The molecule has 3 unspecified atom stereocenters. The average molecular weight is 572 g/mol. The summed E-state index contributed by atoms with van der Waals surface area (Å²) in [4.78, 5) is 39.8. The monoisotopic (exact) mass is 571 g/mol. The van der Waals surface area contributed by atoms with Gasteiger partial charge in [-0.3, -0.25) is 14.3 Å². The van der Waals surface area contributed by atoms with Crippen LogP contribution in [0.3, 0.4) is 0 Å². The van der Waals surface area contributed by atoms with Gasteiger partial charge < -0.3 is 19.1 Å². The molecule has 1 amide bonds. The zero-order valence-electron chi connectivity index (χ0n) is 22.9. The Labute approximate surface area is 235 Å². The zero-order chi connectivity index (χ0) is 28.5. The van der Waals surface area contributed by atoms with Gasteiger partial charge in [0.15, 0.2) is 0 Å². The van der Waals surface area contributed by atoms with Gasteiger partial charge in [-0.05, 0) is 74.7 Å².